The Labute approximate surface area is 106 Å². The van der Waals surface area contributed by atoms with Gasteiger partial charge in [0.1, 0.15) is 5.69 Å². The van der Waals surface area contributed by atoms with Crippen LogP contribution in [0.2, 0.25) is 5.02 Å². The van der Waals surface area contributed by atoms with E-state index in [0.29, 0.717) is 17.3 Å². The summed E-state index contributed by atoms with van der Waals surface area (Å²) < 4.78 is 0. The monoisotopic (exact) mass is 256 g/mol. The largest absolute Gasteiger partial charge is 0.393 e. The Kier molecular flexibility index (Phi) is 3.74. The third-order valence-corrected chi connectivity index (χ3v) is 3.57. The van der Waals surface area contributed by atoms with Crippen molar-refractivity contribution in [3.05, 3.63) is 23.0 Å². The van der Waals surface area contributed by atoms with Gasteiger partial charge >= 0.3 is 0 Å². The van der Waals surface area contributed by atoms with Gasteiger partial charge in [0.15, 0.2) is 0 Å². The maximum atomic E-state index is 12.0. The van der Waals surface area contributed by atoms with Gasteiger partial charge in [-0.15, -0.1) is 0 Å². The van der Waals surface area contributed by atoms with Crippen LogP contribution in [0.3, 0.4) is 0 Å². The molecule has 17 heavy (non-hydrogen) atoms. The molecule has 1 heterocycles. The molecule has 1 amide bonds. The summed E-state index contributed by atoms with van der Waals surface area (Å²) in [7, 11) is 1.75. The van der Waals surface area contributed by atoms with Gasteiger partial charge in [0.25, 0.3) is 5.91 Å². The molecular formula is C12H17ClN2O2. The Bertz CT molecular complexity index is 405. The minimum Gasteiger partial charge on any atom is -0.393 e. The number of aliphatic hydroxyl groups is 1. The molecular weight excluding hydrogens is 240 g/mol. The molecule has 1 aliphatic carbocycles. The number of hydrogen-bond donors (Lipinski definition) is 2. The number of halogens is 1. The van der Waals surface area contributed by atoms with E-state index in [1.807, 2.05) is 0 Å². The molecule has 1 aromatic rings. The Morgan fingerprint density at radius 1 is 1.65 bits per heavy atom. The predicted molar refractivity (Wildman–Crippen MR) is 66.1 cm³/mol. The molecule has 5 heteroatoms. The molecule has 1 fully saturated rings. The number of H-pyrrole nitrogens is 1. The highest BCUT2D eigenvalue weighted by Gasteiger charge is 2.27. The second kappa shape index (κ2) is 5.10. The SMILES string of the molecule is CN(CC1CCCC1O)C(=O)c1cc(Cl)c[nH]1. The van der Waals surface area contributed by atoms with Gasteiger partial charge in [-0.3, -0.25) is 4.79 Å². The summed E-state index contributed by atoms with van der Waals surface area (Å²) in [5.41, 5.74) is 0.491. The molecule has 2 rings (SSSR count). The molecule has 2 atom stereocenters. The fourth-order valence-electron chi connectivity index (χ4n) is 2.36. The number of rotatable bonds is 3. The van der Waals surface area contributed by atoms with Crippen LogP contribution in [0.5, 0.6) is 0 Å². The zero-order valence-corrected chi connectivity index (χ0v) is 10.6. The van der Waals surface area contributed by atoms with Crippen molar-refractivity contribution < 1.29 is 9.90 Å². The van der Waals surface area contributed by atoms with E-state index in [1.54, 1.807) is 24.2 Å². The highest BCUT2D eigenvalue weighted by Crippen LogP contribution is 2.26. The average molecular weight is 257 g/mol. The standard InChI is InChI=1S/C12H17ClN2O2/c1-15(7-8-3-2-4-11(8)16)12(17)10-5-9(13)6-14-10/h5-6,8,11,14,16H,2-4,7H2,1H3. The molecule has 94 valence electrons. The third-order valence-electron chi connectivity index (χ3n) is 3.35. The van der Waals surface area contributed by atoms with E-state index in [-0.39, 0.29) is 17.9 Å². The van der Waals surface area contributed by atoms with Crippen LogP contribution in [0.15, 0.2) is 12.3 Å². The fraction of sp³-hybridized carbons (Fsp3) is 0.583. The lowest BCUT2D eigenvalue weighted by molar-refractivity contribution is 0.0689. The van der Waals surface area contributed by atoms with Crippen LogP contribution in [-0.2, 0) is 0 Å². The third kappa shape index (κ3) is 2.82. The average Bonchev–Trinajstić information content (AvgIpc) is 2.88. The molecule has 1 saturated carbocycles. The molecule has 4 nitrogen and oxygen atoms in total. The first-order valence-corrected chi connectivity index (χ1v) is 6.23. The van der Waals surface area contributed by atoms with Gasteiger partial charge in [-0.05, 0) is 18.9 Å². The van der Waals surface area contributed by atoms with Crippen LogP contribution in [0.1, 0.15) is 29.8 Å². The number of nitrogens with one attached hydrogen (secondary N) is 1. The number of amides is 1. The zero-order chi connectivity index (χ0) is 12.4. The van der Waals surface area contributed by atoms with Crippen molar-refractivity contribution in [2.45, 2.75) is 25.4 Å². The van der Waals surface area contributed by atoms with Crippen LogP contribution in [0.4, 0.5) is 0 Å². The van der Waals surface area contributed by atoms with Crippen LogP contribution in [0.25, 0.3) is 0 Å². The quantitative estimate of drug-likeness (QED) is 0.868. The minimum atomic E-state index is -0.266. The van der Waals surface area contributed by atoms with E-state index < -0.39 is 0 Å². The van der Waals surface area contributed by atoms with Gasteiger partial charge in [0.05, 0.1) is 11.1 Å². The predicted octanol–water partition coefficient (Wildman–Crippen LogP) is 1.90. The molecule has 2 N–H and O–H groups in total. The van der Waals surface area contributed by atoms with Gasteiger partial charge in [0, 0.05) is 25.7 Å². The van der Waals surface area contributed by atoms with Gasteiger partial charge in [-0.1, -0.05) is 18.0 Å². The van der Waals surface area contributed by atoms with E-state index >= 15 is 0 Å². The first kappa shape index (κ1) is 12.5. The maximum Gasteiger partial charge on any atom is 0.270 e. The Hall–Kier alpha value is -1.00. The lowest BCUT2D eigenvalue weighted by Gasteiger charge is -2.22. The highest BCUT2D eigenvalue weighted by atomic mass is 35.5. The topological polar surface area (TPSA) is 56.3 Å². The normalized spacial score (nSPS) is 23.9. The second-order valence-electron chi connectivity index (χ2n) is 4.68. The molecule has 0 spiro atoms. The minimum absolute atomic E-state index is 0.0870. The van der Waals surface area contributed by atoms with Crippen molar-refractivity contribution in [2.24, 2.45) is 5.92 Å². The van der Waals surface area contributed by atoms with E-state index in [1.165, 1.54) is 0 Å². The van der Waals surface area contributed by atoms with Crippen LogP contribution < -0.4 is 0 Å². The van der Waals surface area contributed by atoms with E-state index in [9.17, 15) is 9.90 Å². The number of carbonyl (C=O) groups is 1. The lowest BCUT2D eigenvalue weighted by Crippen LogP contribution is -2.34. The fourth-order valence-corrected chi connectivity index (χ4v) is 2.53. The summed E-state index contributed by atoms with van der Waals surface area (Å²) in [5, 5.41) is 10.3. The first-order chi connectivity index (χ1) is 8.08. The smallest absolute Gasteiger partial charge is 0.270 e. The van der Waals surface area contributed by atoms with Gasteiger partial charge in [-0.25, -0.2) is 0 Å². The summed E-state index contributed by atoms with van der Waals surface area (Å²) in [6.07, 6.45) is 4.21. The van der Waals surface area contributed by atoms with Gasteiger partial charge in [0.2, 0.25) is 0 Å². The first-order valence-electron chi connectivity index (χ1n) is 5.85. The van der Waals surface area contributed by atoms with Crippen molar-refractivity contribution in [3.8, 4) is 0 Å². The molecule has 0 bridgehead atoms. The van der Waals surface area contributed by atoms with Gasteiger partial charge < -0.3 is 15.0 Å². The molecule has 2 unspecified atom stereocenters. The summed E-state index contributed by atoms with van der Waals surface area (Å²) in [5.74, 6) is 0.116. The summed E-state index contributed by atoms with van der Waals surface area (Å²) in [4.78, 5) is 16.5. The zero-order valence-electron chi connectivity index (χ0n) is 9.82. The maximum absolute atomic E-state index is 12.0. The van der Waals surface area contributed by atoms with Crippen molar-refractivity contribution in [1.82, 2.24) is 9.88 Å². The van der Waals surface area contributed by atoms with E-state index in [0.717, 1.165) is 19.3 Å². The number of nitrogens with zero attached hydrogens (tertiary/aromatic N) is 1. The Morgan fingerprint density at radius 3 is 2.94 bits per heavy atom. The number of aromatic nitrogens is 1. The number of carbonyl (C=O) groups excluding carboxylic acids is 1. The van der Waals surface area contributed by atoms with E-state index in [2.05, 4.69) is 4.98 Å². The number of aliphatic hydroxyl groups excluding tert-OH is 1. The lowest BCUT2D eigenvalue weighted by atomic mass is 10.1. The van der Waals surface area contributed by atoms with Crippen molar-refractivity contribution in [3.63, 3.8) is 0 Å². The highest BCUT2D eigenvalue weighted by molar-refractivity contribution is 6.30. The number of hydrogen-bond acceptors (Lipinski definition) is 2. The molecule has 0 radical (unpaired) electrons. The van der Waals surface area contributed by atoms with Crippen LogP contribution >= 0.6 is 11.6 Å². The van der Waals surface area contributed by atoms with Gasteiger partial charge in [-0.2, -0.15) is 0 Å². The van der Waals surface area contributed by atoms with Crippen molar-refractivity contribution >= 4 is 17.5 Å². The second-order valence-corrected chi connectivity index (χ2v) is 5.11. The molecule has 1 aromatic heterocycles. The van der Waals surface area contributed by atoms with Crippen molar-refractivity contribution in [2.75, 3.05) is 13.6 Å². The van der Waals surface area contributed by atoms with Crippen LogP contribution in [0, 0.1) is 5.92 Å². The Balaban J connectivity index is 1.95. The Morgan fingerprint density at radius 2 is 2.41 bits per heavy atom. The molecule has 0 aliphatic heterocycles. The molecule has 0 saturated heterocycles. The number of aromatic amines is 1. The van der Waals surface area contributed by atoms with E-state index in [4.69, 9.17) is 11.6 Å². The summed E-state index contributed by atoms with van der Waals surface area (Å²) in [6, 6.07) is 1.62. The van der Waals surface area contributed by atoms with Crippen molar-refractivity contribution in [1.29, 1.82) is 0 Å². The van der Waals surface area contributed by atoms with Crippen LogP contribution in [-0.4, -0.2) is 40.6 Å². The summed E-state index contributed by atoms with van der Waals surface area (Å²) in [6.45, 7) is 0.594. The molecule has 0 aromatic carbocycles. The molecule has 1 aliphatic rings. The summed E-state index contributed by atoms with van der Waals surface area (Å²) >= 11 is 5.76.